The average molecular weight is 272 g/mol. The minimum absolute atomic E-state index is 0.706. The van der Waals surface area contributed by atoms with Gasteiger partial charge in [0.15, 0.2) is 0 Å². The molecule has 20 heavy (non-hydrogen) atoms. The van der Waals surface area contributed by atoms with E-state index in [9.17, 15) is 5.11 Å². The minimum atomic E-state index is -0.736. The van der Waals surface area contributed by atoms with Crippen LogP contribution in [-0.4, -0.2) is 19.3 Å². The maximum atomic E-state index is 10.7. The molecule has 0 amide bonds. The van der Waals surface area contributed by atoms with E-state index in [1.807, 2.05) is 50.2 Å². The first kappa shape index (κ1) is 14.4. The molecule has 0 aliphatic carbocycles. The van der Waals surface area contributed by atoms with Crippen LogP contribution in [0.5, 0.6) is 11.5 Å². The Labute approximate surface area is 119 Å². The Balaban J connectivity index is 2.49. The number of benzene rings is 2. The highest BCUT2D eigenvalue weighted by Crippen LogP contribution is 2.34. The fourth-order valence-electron chi connectivity index (χ4n) is 2.44. The molecule has 1 atom stereocenters. The topological polar surface area (TPSA) is 38.7 Å². The molecule has 3 nitrogen and oxygen atoms in total. The molecule has 0 aliphatic rings. The Morgan fingerprint density at radius 1 is 1.00 bits per heavy atom. The molecule has 106 valence electrons. The Morgan fingerprint density at radius 3 is 2.40 bits per heavy atom. The summed E-state index contributed by atoms with van der Waals surface area (Å²) in [6.45, 7) is 3.99. The van der Waals surface area contributed by atoms with E-state index in [-0.39, 0.29) is 0 Å². The largest absolute Gasteiger partial charge is 0.497 e. The van der Waals surface area contributed by atoms with Crippen LogP contribution >= 0.6 is 0 Å². The van der Waals surface area contributed by atoms with Crippen LogP contribution in [0.2, 0.25) is 0 Å². The van der Waals surface area contributed by atoms with Crippen molar-refractivity contribution in [3.05, 3.63) is 58.7 Å². The minimum Gasteiger partial charge on any atom is -0.497 e. The molecule has 0 bridgehead atoms. The van der Waals surface area contributed by atoms with E-state index in [1.165, 1.54) is 0 Å². The maximum absolute atomic E-state index is 10.7. The average Bonchev–Trinajstić information content (AvgIpc) is 2.45. The van der Waals surface area contributed by atoms with Gasteiger partial charge in [-0.1, -0.05) is 18.2 Å². The Morgan fingerprint density at radius 2 is 1.75 bits per heavy atom. The second-order valence-electron chi connectivity index (χ2n) is 4.88. The zero-order valence-corrected chi connectivity index (χ0v) is 12.3. The Bertz CT molecular complexity index is 605. The van der Waals surface area contributed by atoms with Gasteiger partial charge in [-0.15, -0.1) is 0 Å². The normalized spacial score (nSPS) is 12.1. The molecule has 0 fully saturated rings. The highest BCUT2D eigenvalue weighted by atomic mass is 16.5. The van der Waals surface area contributed by atoms with Crippen molar-refractivity contribution in [2.24, 2.45) is 0 Å². The standard InChI is InChI=1S/C17H20O3/c1-11-8-12(2)16(15(9-11)20-4)17(18)13-6-5-7-14(10-13)19-3/h5-10,17-18H,1-4H3. The first-order chi connectivity index (χ1) is 9.56. The van der Waals surface area contributed by atoms with Gasteiger partial charge in [0.25, 0.3) is 0 Å². The van der Waals surface area contributed by atoms with Crippen molar-refractivity contribution in [1.29, 1.82) is 0 Å². The molecule has 2 aromatic carbocycles. The summed E-state index contributed by atoms with van der Waals surface area (Å²) in [6, 6.07) is 11.4. The van der Waals surface area contributed by atoms with Gasteiger partial charge in [0.2, 0.25) is 0 Å². The molecule has 0 saturated carbocycles. The molecule has 1 unspecified atom stereocenters. The summed E-state index contributed by atoms with van der Waals surface area (Å²) in [5.74, 6) is 1.43. The predicted molar refractivity (Wildman–Crippen MR) is 79.5 cm³/mol. The van der Waals surface area contributed by atoms with Crippen molar-refractivity contribution in [3.63, 3.8) is 0 Å². The first-order valence-electron chi connectivity index (χ1n) is 6.54. The summed E-state index contributed by atoms with van der Waals surface area (Å²) < 4.78 is 10.6. The van der Waals surface area contributed by atoms with E-state index >= 15 is 0 Å². The summed E-state index contributed by atoms with van der Waals surface area (Å²) in [4.78, 5) is 0. The van der Waals surface area contributed by atoms with E-state index in [0.29, 0.717) is 5.75 Å². The molecule has 2 rings (SSSR count). The van der Waals surface area contributed by atoms with Gasteiger partial charge in [-0.25, -0.2) is 0 Å². The summed E-state index contributed by atoms with van der Waals surface area (Å²) in [5.41, 5.74) is 3.71. The maximum Gasteiger partial charge on any atom is 0.125 e. The Hall–Kier alpha value is -2.00. The fraction of sp³-hybridized carbons (Fsp3) is 0.294. The molecule has 2 aromatic rings. The number of aliphatic hydroxyl groups excluding tert-OH is 1. The van der Waals surface area contributed by atoms with Gasteiger partial charge < -0.3 is 14.6 Å². The van der Waals surface area contributed by atoms with Gasteiger partial charge in [0.1, 0.15) is 17.6 Å². The van der Waals surface area contributed by atoms with Crippen LogP contribution in [-0.2, 0) is 0 Å². The van der Waals surface area contributed by atoms with E-state index in [1.54, 1.807) is 14.2 Å². The molecule has 0 aromatic heterocycles. The van der Waals surface area contributed by atoms with Crippen LogP contribution in [0.3, 0.4) is 0 Å². The van der Waals surface area contributed by atoms with Crippen LogP contribution in [0.25, 0.3) is 0 Å². The van der Waals surface area contributed by atoms with Crippen molar-refractivity contribution in [3.8, 4) is 11.5 Å². The van der Waals surface area contributed by atoms with Gasteiger partial charge in [-0.05, 0) is 48.7 Å². The third-order valence-corrected chi connectivity index (χ3v) is 3.40. The van der Waals surface area contributed by atoms with Gasteiger partial charge in [0.05, 0.1) is 14.2 Å². The SMILES string of the molecule is COc1cccc(C(O)c2c(C)cc(C)cc2OC)c1. The van der Waals surface area contributed by atoms with E-state index in [0.717, 1.165) is 28.0 Å². The van der Waals surface area contributed by atoms with E-state index < -0.39 is 6.10 Å². The lowest BCUT2D eigenvalue weighted by Crippen LogP contribution is -2.05. The van der Waals surface area contributed by atoms with Crippen molar-refractivity contribution in [1.82, 2.24) is 0 Å². The highest BCUT2D eigenvalue weighted by Gasteiger charge is 2.18. The summed E-state index contributed by atoms with van der Waals surface area (Å²) >= 11 is 0. The predicted octanol–water partition coefficient (Wildman–Crippen LogP) is 3.40. The third kappa shape index (κ3) is 2.78. The molecule has 1 N–H and O–H groups in total. The monoisotopic (exact) mass is 272 g/mol. The van der Waals surface area contributed by atoms with Gasteiger partial charge in [-0.2, -0.15) is 0 Å². The third-order valence-electron chi connectivity index (χ3n) is 3.40. The number of aliphatic hydroxyl groups is 1. The molecule has 0 spiro atoms. The van der Waals surface area contributed by atoms with Crippen molar-refractivity contribution in [2.45, 2.75) is 20.0 Å². The van der Waals surface area contributed by atoms with Crippen LogP contribution in [0, 0.1) is 13.8 Å². The van der Waals surface area contributed by atoms with Crippen molar-refractivity contribution < 1.29 is 14.6 Å². The lowest BCUT2D eigenvalue weighted by molar-refractivity contribution is 0.213. The van der Waals surface area contributed by atoms with Crippen LogP contribution in [0.15, 0.2) is 36.4 Å². The summed E-state index contributed by atoms with van der Waals surface area (Å²) in [5, 5.41) is 10.7. The molecule has 0 aliphatic heterocycles. The smallest absolute Gasteiger partial charge is 0.125 e. The highest BCUT2D eigenvalue weighted by molar-refractivity contribution is 5.48. The second-order valence-corrected chi connectivity index (χ2v) is 4.88. The second kappa shape index (κ2) is 5.97. The summed E-state index contributed by atoms with van der Waals surface area (Å²) in [6.07, 6.45) is -0.736. The molecular weight excluding hydrogens is 252 g/mol. The van der Waals surface area contributed by atoms with Crippen LogP contribution in [0.1, 0.15) is 28.4 Å². The number of rotatable bonds is 4. The van der Waals surface area contributed by atoms with E-state index in [4.69, 9.17) is 9.47 Å². The number of hydrogen-bond acceptors (Lipinski definition) is 3. The number of hydrogen-bond donors (Lipinski definition) is 1. The van der Waals surface area contributed by atoms with Gasteiger partial charge in [0, 0.05) is 5.56 Å². The van der Waals surface area contributed by atoms with Crippen LogP contribution < -0.4 is 9.47 Å². The zero-order valence-electron chi connectivity index (χ0n) is 12.3. The lowest BCUT2D eigenvalue weighted by Gasteiger charge is -2.19. The number of ether oxygens (including phenoxy) is 2. The number of methoxy groups -OCH3 is 2. The van der Waals surface area contributed by atoms with Gasteiger partial charge >= 0.3 is 0 Å². The Kier molecular flexibility index (Phi) is 4.30. The quantitative estimate of drug-likeness (QED) is 0.927. The molecule has 3 heteroatoms. The molecule has 0 heterocycles. The van der Waals surface area contributed by atoms with Crippen LogP contribution in [0.4, 0.5) is 0 Å². The first-order valence-corrected chi connectivity index (χ1v) is 6.54. The van der Waals surface area contributed by atoms with E-state index in [2.05, 4.69) is 0 Å². The zero-order chi connectivity index (χ0) is 14.7. The fourth-order valence-corrected chi connectivity index (χ4v) is 2.44. The van der Waals surface area contributed by atoms with Crippen molar-refractivity contribution in [2.75, 3.05) is 14.2 Å². The van der Waals surface area contributed by atoms with Crippen molar-refractivity contribution >= 4 is 0 Å². The molecule has 0 saturated heterocycles. The summed E-state index contributed by atoms with van der Waals surface area (Å²) in [7, 11) is 3.24. The van der Waals surface area contributed by atoms with Gasteiger partial charge in [-0.3, -0.25) is 0 Å². The molecular formula is C17H20O3. The number of aryl methyl sites for hydroxylation is 2. The molecule has 0 radical (unpaired) electrons. The lowest BCUT2D eigenvalue weighted by atomic mass is 9.95.